The molecule has 1 spiro atoms. The van der Waals surface area contributed by atoms with Crippen LogP contribution in [0.15, 0.2) is 30.3 Å². The van der Waals surface area contributed by atoms with E-state index in [-0.39, 0.29) is 11.5 Å². The van der Waals surface area contributed by atoms with E-state index >= 15 is 0 Å². The van der Waals surface area contributed by atoms with E-state index in [4.69, 9.17) is 4.74 Å². The van der Waals surface area contributed by atoms with Gasteiger partial charge in [-0.05, 0) is 43.7 Å². The van der Waals surface area contributed by atoms with Gasteiger partial charge < -0.3 is 9.64 Å². The summed E-state index contributed by atoms with van der Waals surface area (Å²) in [5.41, 5.74) is 2.31. The van der Waals surface area contributed by atoms with Gasteiger partial charge >= 0.3 is 6.09 Å². The highest BCUT2D eigenvalue weighted by Gasteiger charge is 2.49. The fourth-order valence-electron chi connectivity index (χ4n) is 4.21. The Bertz CT molecular complexity index is 629. The number of carbonyl (C=O) groups excluding carboxylic acids is 1. The van der Waals surface area contributed by atoms with Crippen LogP contribution in [0.3, 0.4) is 0 Å². The summed E-state index contributed by atoms with van der Waals surface area (Å²) < 4.78 is 5.56. The quantitative estimate of drug-likeness (QED) is 0.707. The van der Waals surface area contributed by atoms with Crippen molar-refractivity contribution in [2.24, 2.45) is 11.8 Å². The highest BCUT2D eigenvalue weighted by atomic mass is 16.6. The summed E-state index contributed by atoms with van der Waals surface area (Å²) in [6.07, 6.45) is 4.41. The van der Waals surface area contributed by atoms with Crippen molar-refractivity contribution < 1.29 is 9.53 Å². The molecule has 0 radical (unpaired) electrons. The zero-order chi connectivity index (χ0) is 16.8. The van der Waals surface area contributed by atoms with Gasteiger partial charge in [0.2, 0.25) is 0 Å². The number of hydrogen-bond acceptors (Lipinski definition) is 2. The Hall–Kier alpha value is -1.77. The first-order chi connectivity index (χ1) is 10.7. The van der Waals surface area contributed by atoms with Crippen LogP contribution in [0.5, 0.6) is 0 Å². The largest absolute Gasteiger partial charge is 0.444 e. The number of fused-ring (bicyclic) bond motifs is 2. The molecule has 0 bridgehead atoms. The summed E-state index contributed by atoms with van der Waals surface area (Å²) >= 11 is 0. The number of piperidine rings is 1. The molecule has 0 saturated carbocycles. The summed E-state index contributed by atoms with van der Waals surface area (Å²) in [6, 6.07) is 8.63. The maximum Gasteiger partial charge on any atom is 0.410 e. The Kier molecular flexibility index (Phi) is 3.78. The SMILES string of the molecule is CC1CN(C(=O)OC(C)(C)C)CC(C)C12C=Cc1ccccc12. The lowest BCUT2D eigenvalue weighted by molar-refractivity contribution is 0.00145. The minimum Gasteiger partial charge on any atom is -0.444 e. The molecule has 1 fully saturated rings. The van der Waals surface area contributed by atoms with Crippen LogP contribution in [0.2, 0.25) is 0 Å². The second-order valence-corrected chi connectivity index (χ2v) is 8.04. The predicted octanol–water partition coefficient (Wildman–Crippen LogP) is 4.47. The molecule has 0 N–H and O–H groups in total. The number of rotatable bonds is 0. The number of carbonyl (C=O) groups is 1. The van der Waals surface area contributed by atoms with Gasteiger partial charge in [-0.2, -0.15) is 0 Å². The molecular formula is C20H27NO2. The van der Waals surface area contributed by atoms with Crippen LogP contribution in [0.4, 0.5) is 4.79 Å². The second-order valence-electron chi connectivity index (χ2n) is 8.04. The highest BCUT2D eigenvalue weighted by molar-refractivity contribution is 5.70. The summed E-state index contributed by atoms with van der Waals surface area (Å²) in [4.78, 5) is 14.3. The summed E-state index contributed by atoms with van der Waals surface area (Å²) in [6.45, 7) is 11.7. The van der Waals surface area contributed by atoms with E-state index < -0.39 is 5.60 Å². The Morgan fingerprint density at radius 1 is 1.17 bits per heavy atom. The molecule has 1 aliphatic carbocycles. The van der Waals surface area contributed by atoms with Crippen LogP contribution in [-0.4, -0.2) is 29.7 Å². The Balaban J connectivity index is 1.85. The molecule has 3 nitrogen and oxygen atoms in total. The molecule has 1 amide bonds. The first-order valence-electron chi connectivity index (χ1n) is 8.51. The van der Waals surface area contributed by atoms with E-state index in [9.17, 15) is 4.79 Å². The first kappa shape index (κ1) is 16.1. The van der Waals surface area contributed by atoms with E-state index in [2.05, 4.69) is 50.3 Å². The molecule has 3 heteroatoms. The van der Waals surface area contributed by atoms with Crippen LogP contribution >= 0.6 is 0 Å². The molecule has 0 aromatic heterocycles. The molecule has 1 aliphatic heterocycles. The van der Waals surface area contributed by atoms with Crippen molar-refractivity contribution in [3.63, 3.8) is 0 Å². The van der Waals surface area contributed by atoms with Gasteiger partial charge in [0.05, 0.1) is 0 Å². The van der Waals surface area contributed by atoms with Crippen molar-refractivity contribution in [2.45, 2.75) is 45.6 Å². The number of nitrogens with zero attached hydrogens (tertiary/aromatic N) is 1. The van der Waals surface area contributed by atoms with Crippen molar-refractivity contribution in [3.05, 3.63) is 41.5 Å². The van der Waals surface area contributed by atoms with Crippen LogP contribution in [0, 0.1) is 11.8 Å². The lowest BCUT2D eigenvalue weighted by Crippen LogP contribution is -2.55. The van der Waals surface area contributed by atoms with Gasteiger partial charge in [-0.3, -0.25) is 0 Å². The van der Waals surface area contributed by atoms with E-state index in [1.807, 2.05) is 25.7 Å². The number of allylic oxidation sites excluding steroid dienone is 1. The molecule has 1 heterocycles. The molecule has 2 atom stereocenters. The lowest BCUT2D eigenvalue weighted by atomic mass is 9.62. The van der Waals surface area contributed by atoms with Crippen molar-refractivity contribution >= 4 is 12.2 Å². The number of ether oxygens (including phenoxy) is 1. The van der Waals surface area contributed by atoms with E-state index in [0.29, 0.717) is 11.8 Å². The number of benzene rings is 1. The minimum atomic E-state index is -0.446. The Morgan fingerprint density at radius 3 is 2.39 bits per heavy atom. The third kappa shape index (κ3) is 2.66. The number of hydrogen-bond donors (Lipinski definition) is 0. The summed E-state index contributed by atoms with van der Waals surface area (Å²) in [7, 11) is 0. The third-order valence-corrected chi connectivity index (χ3v) is 5.24. The molecule has 1 aromatic carbocycles. The Labute approximate surface area is 139 Å². The molecular weight excluding hydrogens is 286 g/mol. The highest BCUT2D eigenvalue weighted by Crippen LogP contribution is 2.49. The number of amides is 1. The second kappa shape index (κ2) is 5.40. The molecule has 23 heavy (non-hydrogen) atoms. The topological polar surface area (TPSA) is 29.5 Å². The van der Waals surface area contributed by atoms with Crippen molar-refractivity contribution in [1.82, 2.24) is 4.90 Å². The van der Waals surface area contributed by atoms with Gasteiger partial charge in [0.25, 0.3) is 0 Å². The van der Waals surface area contributed by atoms with Gasteiger partial charge in [0.15, 0.2) is 0 Å². The zero-order valence-electron chi connectivity index (χ0n) is 14.8. The van der Waals surface area contributed by atoms with Gasteiger partial charge in [-0.15, -0.1) is 0 Å². The average molecular weight is 313 g/mol. The van der Waals surface area contributed by atoms with E-state index in [0.717, 1.165) is 13.1 Å². The molecule has 2 aliphatic rings. The van der Waals surface area contributed by atoms with Crippen LogP contribution in [-0.2, 0) is 10.2 Å². The molecule has 1 saturated heterocycles. The maximum atomic E-state index is 12.4. The average Bonchev–Trinajstić information content (AvgIpc) is 2.84. The third-order valence-electron chi connectivity index (χ3n) is 5.24. The van der Waals surface area contributed by atoms with Gasteiger partial charge in [-0.1, -0.05) is 50.3 Å². The fourth-order valence-corrected chi connectivity index (χ4v) is 4.21. The monoisotopic (exact) mass is 313 g/mol. The van der Waals surface area contributed by atoms with Crippen LogP contribution in [0.25, 0.3) is 6.08 Å². The standard InChI is InChI=1S/C20H27NO2/c1-14-12-21(18(22)23-19(3,4)5)13-15(2)20(14)11-10-16-8-6-7-9-17(16)20/h6-11,14-15H,12-13H2,1-5H3. The molecule has 2 unspecified atom stereocenters. The minimum absolute atomic E-state index is 0.0368. The summed E-state index contributed by atoms with van der Waals surface area (Å²) in [5, 5.41) is 0. The molecule has 3 rings (SSSR count). The zero-order valence-corrected chi connectivity index (χ0v) is 14.8. The normalized spacial score (nSPS) is 29.7. The maximum absolute atomic E-state index is 12.4. The summed E-state index contributed by atoms with van der Waals surface area (Å²) in [5.74, 6) is 0.720. The van der Waals surface area contributed by atoms with E-state index in [1.54, 1.807) is 0 Å². The van der Waals surface area contributed by atoms with Crippen molar-refractivity contribution in [3.8, 4) is 0 Å². The Morgan fingerprint density at radius 2 is 1.78 bits per heavy atom. The smallest absolute Gasteiger partial charge is 0.410 e. The molecule has 124 valence electrons. The van der Waals surface area contributed by atoms with Gasteiger partial charge in [0, 0.05) is 18.5 Å². The predicted molar refractivity (Wildman–Crippen MR) is 93.3 cm³/mol. The van der Waals surface area contributed by atoms with Gasteiger partial charge in [0.1, 0.15) is 5.60 Å². The van der Waals surface area contributed by atoms with Crippen LogP contribution in [0.1, 0.15) is 45.7 Å². The number of likely N-dealkylation sites (tertiary alicyclic amines) is 1. The van der Waals surface area contributed by atoms with Crippen molar-refractivity contribution in [1.29, 1.82) is 0 Å². The van der Waals surface area contributed by atoms with Crippen molar-refractivity contribution in [2.75, 3.05) is 13.1 Å². The molecule has 1 aromatic rings. The lowest BCUT2D eigenvalue weighted by Gasteiger charge is -2.49. The van der Waals surface area contributed by atoms with Gasteiger partial charge in [-0.25, -0.2) is 4.79 Å². The van der Waals surface area contributed by atoms with E-state index in [1.165, 1.54) is 11.1 Å². The first-order valence-corrected chi connectivity index (χ1v) is 8.51. The van der Waals surface area contributed by atoms with Crippen LogP contribution < -0.4 is 0 Å². The fraction of sp³-hybridized carbons (Fsp3) is 0.550.